The Kier molecular flexibility index (Phi) is 14.2. The molecule has 0 spiro atoms. The Bertz CT molecular complexity index is 3770. The van der Waals surface area contributed by atoms with Crippen LogP contribution in [0.25, 0.3) is 32.9 Å². The Hall–Kier alpha value is -8.61. The molecule has 360 valence electrons. The molecular weight excluding hydrogens is 958 g/mol. The summed E-state index contributed by atoms with van der Waals surface area (Å²) < 4.78 is 27.0. The highest BCUT2D eigenvalue weighted by atomic mass is 35.5. The smallest absolute Gasteiger partial charge is 0.268 e. The largest absolute Gasteiger partial charge is 0.486 e. The third kappa shape index (κ3) is 10.3. The van der Waals surface area contributed by atoms with Crippen LogP contribution in [0.5, 0.6) is 17.4 Å². The molecule has 0 fully saturated rings. The van der Waals surface area contributed by atoms with E-state index in [0.29, 0.717) is 67.3 Å². The van der Waals surface area contributed by atoms with Gasteiger partial charge in [0.15, 0.2) is 0 Å². The third-order valence-electron chi connectivity index (χ3n) is 11.7. The molecule has 72 heavy (non-hydrogen) atoms. The van der Waals surface area contributed by atoms with Crippen molar-refractivity contribution < 1.29 is 18.7 Å². The highest BCUT2D eigenvalue weighted by molar-refractivity contribution is 6.31. The van der Waals surface area contributed by atoms with E-state index in [1.807, 2.05) is 88.4 Å². The Morgan fingerprint density at radius 2 is 1.22 bits per heavy atom. The van der Waals surface area contributed by atoms with E-state index in [1.54, 1.807) is 42.9 Å². The number of hydrogen-bond donors (Lipinski definition) is 2. The van der Waals surface area contributed by atoms with Crippen molar-refractivity contribution in [2.75, 3.05) is 18.6 Å². The lowest BCUT2D eigenvalue weighted by atomic mass is 10.0. The fraction of sp³-hybridized carbons (Fsp3) is 0.189. The van der Waals surface area contributed by atoms with E-state index in [-0.39, 0.29) is 49.9 Å². The minimum Gasteiger partial charge on any atom is -0.486 e. The van der Waals surface area contributed by atoms with E-state index in [0.717, 1.165) is 44.7 Å². The average molecular weight is 1000 g/mol. The number of hydrogen-bond acceptors (Lipinski definition) is 15. The lowest BCUT2D eigenvalue weighted by molar-refractivity contribution is 0.297. The van der Waals surface area contributed by atoms with Gasteiger partial charge < -0.3 is 33.3 Å². The number of para-hydroxylation sites is 2. The van der Waals surface area contributed by atoms with Gasteiger partial charge in [0.1, 0.15) is 71.9 Å². The van der Waals surface area contributed by atoms with E-state index in [2.05, 4.69) is 21.0 Å². The fourth-order valence-electron chi connectivity index (χ4n) is 8.22. The van der Waals surface area contributed by atoms with Crippen molar-refractivity contribution in [1.29, 1.82) is 10.5 Å². The van der Waals surface area contributed by atoms with Crippen LogP contribution in [0.1, 0.15) is 56.4 Å². The molecule has 7 heterocycles. The van der Waals surface area contributed by atoms with E-state index in [4.69, 9.17) is 56.9 Å². The number of fused-ring (bicyclic) bond motifs is 2. The van der Waals surface area contributed by atoms with Crippen LogP contribution in [0.2, 0.25) is 10.0 Å². The molecule has 0 bridgehead atoms. The van der Waals surface area contributed by atoms with Crippen LogP contribution in [0.4, 0.5) is 5.69 Å². The second kappa shape index (κ2) is 21.2. The molecule has 0 aliphatic heterocycles. The first-order chi connectivity index (χ1) is 34.9. The molecule has 0 unspecified atom stereocenters. The van der Waals surface area contributed by atoms with Gasteiger partial charge in [-0.3, -0.25) is 14.6 Å². The van der Waals surface area contributed by atoms with Gasteiger partial charge >= 0.3 is 0 Å². The predicted octanol–water partition coefficient (Wildman–Crippen LogP) is 9.09. The number of halogens is 2. The van der Waals surface area contributed by atoms with E-state index >= 15 is 0 Å². The molecule has 17 nitrogen and oxygen atoms in total. The molecular formula is C53H43Cl2N11O6. The van der Waals surface area contributed by atoms with Gasteiger partial charge in [-0.05, 0) is 87.9 Å². The van der Waals surface area contributed by atoms with Crippen LogP contribution in [-0.2, 0) is 26.3 Å². The second-order valence-corrected chi connectivity index (χ2v) is 17.5. The lowest BCUT2D eigenvalue weighted by Crippen LogP contribution is -2.27. The first kappa shape index (κ1) is 48.4. The summed E-state index contributed by atoms with van der Waals surface area (Å²) in [5.74, 6) is 1.22. The zero-order valence-electron chi connectivity index (χ0n) is 39.3. The maximum atomic E-state index is 13.2. The highest BCUT2D eigenvalue weighted by Crippen LogP contribution is 2.36. The van der Waals surface area contributed by atoms with Crippen LogP contribution in [0.3, 0.4) is 0 Å². The van der Waals surface area contributed by atoms with Gasteiger partial charge in [0.05, 0.1) is 45.9 Å². The van der Waals surface area contributed by atoms with Crippen LogP contribution < -0.4 is 36.2 Å². The van der Waals surface area contributed by atoms with Gasteiger partial charge in [0.25, 0.3) is 11.1 Å². The molecule has 0 atom stereocenters. The van der Waals surface area contributed by atoms with Crippen LogP contribution in [-0.4, -0.2) is 47.4 Å². The normalized spacial score (nSPS) is 11.1. The maximum absolute atomic E-state index is 13.2. The number of rotatable bonds is 17. The number of nitrogens with one attached hydrogen (secondary N) is 2. The van der Waals surface area contributed by atoms with Crippen molar-refractivity contribution in [3.05, 3.63) is 191 Å². The van der Waals surface area contributed by atoms with Gasteiger partial charge in [0, 0.05) is 69.5 Å². The van der Waals surface area contributed by atoms with Crippen molar-refractivity contribution in [3.63, 3.8) is 0 Å². The molecule has 0 aliphatic carbocycles. The van der Waals surface area contributed by atoms with Crippen LogP contribution in [0, 0.1) is 50.4 Å². The zero-order valence-corrected chi connectivity index (χ0v) is 40.8. The van der Waals surface area contributed by atoms with Crippen LogP contribution >= 0.6 is 23.2 Å². The third-order valence-corrected chi connectivity index (χ3v) is 12.4. The maximum Gasteiger partial charge on any atom is 0.268 e. The second-order valence-electron chi connectivity index (χ2n) is 16.7. The van der Waals surface area contributed by atoms with Crippen molar-refractivity contribution >= 4 is 50.7 Å². The summed E-state index contributed by atoms with van der Waals surface area (Å²) >= 11 is 13.8. The topological polar surface area (TPSA) is 221 Å². The van der Waals surface area contributed by atoms with E-state index < -0.39 is 11.1 Å². The predicted molar refractivity (Wildman–Crippen MR) is 271 cm³/mol. The zero-order chi connectivity index (χ0) is 50.5. The Balaban J connectivity index is 0.904. The molecule has 0 aliphatic rings. The minimum atomic E-state index is -0.481. The molecule has 0 saturated carbocycles. The Morgan fingerprint density at radius 1 is 0.653 bits per heavy atom. The van der Waals surface area contributed by atoms with Gasteiger partial charge in [-0.1, -0.05) is 52.6 Å². The van der Waals surface area contributed by atoms with Gasteiger partial charge in [-0.25, -0.2) is 20.4 Å². The molecule has 19 heteroatoms. The first-order valence-corrected chi connectivity index (χ1v) is 23.3. The van der Waals surface area contributed by atoms with Crippen molar-refractivity contribution in [3.8, 4) is 40.6 Å². The number of anilines is 1. The summed E-state index contributed by atoms with van der Waals surface area (Å²) in [6, 6.07) is 28.5. The summed E-state index contributed by atoms with van der Waals surface area (Å²) in [4.78, 5) is 45.2. The van der Waals surface area contributed by atoms with Gasteiger partial charge in [-0.15, -0.1) is 0 Å². The summed E-state index contributed by atoms with van der Waals surface area (Å²) in [6.45, 7) is 8.01. The van der Waals surface area contributed by atoms with Crippen molar-refractivity contribution in [2.45, 2.75) is 54.0 Å². The quantitative estimate of drug-likeness (QED) is 0.0642. The van der Waals surface area contributed by atoms with Crippen molar-refractivity contribution in [1.82, 2.24) is 39.7 Å². The summed E-state index contributed by atoms with van der Waals surface area (Å²) in [5, 5.41) is 25.4. The Morgan fingerprint density at radius 3 is 1.83 bits per heavy atom. The number of hydrazine groups is 1. The number of pyridine rings is 6. The molecule has 7 aromatic heterocycles. The lowest BCUT2D eigenvalue weighted by Gasteiger charge is -2.17. The Labute approximate surface area is 421 Å². The van der Waals surface area contributed by atoms with Gasteiger partial charge in [-0.2, -0.15) is 10.5 Å². The number of nitrogens with zero attached hydrogens (tertiary/aromatic N) is 9. The molecule has 0 saturated heterocycles. The number of ether oxygens (including phenoxy) is 3. The van der Waals surface area contributed by atoms with E-state index in [1.165, 1.54) is 21.3 Å². The van der Waals surface area contributed by atoms with Crippen molar-refractivity contribution in [2.24, 2.45) is 0 Å². The molecule has 2 aromatic carbocycles. The monoisotopic (exact) mass is 999 g/mol. The summed E-state index contributed by atoms with van der Waals surface area (Å²) in [7, 11) is 0. The number of aryl methyl sites for hydroxylation is 4. The minimum absolute atomic E-state index is 0.0145. The summed E-state index contributed by atoms with van der Waals surface area (Å²) in [5.41, 5.74) is 14.3. The average Bonchev–Trinajstić information content (AvgIpc) is 3.79. The standard InChI is InChI=1S/C53H43Cl2N11O6/c1-30-19-38(39-29-72-64-33(39)4)36-11-5-13-47(50(36)60-30)70-28-41-43(55)22-49(62-46(41)26-66-17-8-10-35(24-57)53(66)68)69-18-15-58-63-44-21-32(3)61-51-37(44)12-6-14-48(51)71-27-40-42(54)20-31(2)59-45(40)25-65-16-7-9-34(23-56)52(65)67/h5-14,16-17,19-22,29,58H,15,18,25-28H2,1-4H3,(H,61,63). The van der Waals surface area contributed by atoms with Gasteiger partial charge in [0.2, 0.25) is 5.88 Å². The molecule has 9 aromatic rings. The van der Waals surface area contributed by atoms with Crippen LogP contribution in [0.15, 0.2) is 118 Å². The molecule has 0 radical (unpaired) electrons. The first-order valence-electron chi connectivity index (χ1n) is 22.5. The van der Waals surface area contributed by atoms with E-state index in [9.17, 15) is 20.1 Å². The molecule has 2 N–H and O–H groups in total. The summed E-state index contributed by atoms with van der Waals surface area (Å²) in [6.07, 6.45) is 4.79. The molecule has 9 rings (SSSR count). The number of nitriles is 2. The highest BCUT2D eigenvalue weighted by Gasteiger charge is 2.20. The molecule has 0 amide bonds. The number of aromatic nitrogens is 7. The SMILES string of the molecule is Cc1cc(Cl)c(COc2cccc3c(NNCCOc4cc(Cl)c(COc5cccc6c(-c7conc7C)cc(C)nc56)c(Cn5cccc(C#N)c5=O)n4)cc(C)nc23)c(Cn2cccc(C#N)c2=O)n1. The number of benzene rings is 2. The fourth-order valence-corrected chi connectivity index (χ4v) is 8.80.